The van der Waals surface area contributed by atoms with E-state index in [1.807, 2.05) is 0 Å². The summed E-state index contributed by atoms with van der Waals surface area (Å²) in [4.78, 5) is 23.4. The molecule has 1 atom stereocenters. The molecule has 102 valence electrons. The molecule has 1 saturated heterocycles. The lowest BCUT2D eigenvalue weighted by molar-refractivity contribution is -0.117. The van der Waals surface area contributed by atoms with Crippen molar-refractivity contribution in [3.63, 3.8) is 0 Å². The number of hydrogen-bond acceptors (Lipinski definition) is 2. The van der Waals surface area contributed by atoms with Crippen LogP contribution in [0.2, 0.25) is 0 Å². The van der Waals surface area contributed by atoms with E-state index < -0.39 is 23.2 Å². The maximum Gasteiger partial charge on any atom is 0.338 e. The predicted octanol–water partition coefficient (Wildman–Crippen LogP) is 2.25. The number of carbonyl (C=O) groups is 2. The van der Waals surface area contributed by atoms with Crippen LogP contribution in [-0.4, -0.2) is 29.4 Å². The molecule has 4 nitrogen and oxygen atoms in total. The SMILES string of the molecule is O=C(O)c1cc(F)c(N2CC(CCl)CC2=O)cc1F. The summed E-state index contributed by atoms with van der Waals surface area (Å²) in [7, 11) is 0. The fourth-order valence-electron chi connectivity index (χ4n) is 2.02. The first-order chi connectivity index (χ1) is 8.93. The highest BCUT2D eigenvalue weighted by atomic mass is 35.5. The molecule has 0 radical (unpaired) electrons. The van der Waals surface area contributed by atoms with Gasteiger partial charge < -0.3 is 10.0 Å². The lowest BCUT2D eigenvalue weighted by Gasteiger charge is -2.17. The molecule has 1 aromatic rings. The van der Waals surface area contributed by atoms with Crippen LogP contribution in [0.15, 0.2) is 12.1 Å². The molecule has 19 heavy (non-hydrogen) atoms. The van der Waals surface area contributed by atoms with Gasteiger partial charge in [0.2, 0.25) is 5.91 Å². The number of carboxylic acids is 1. The van der Waals surface area contributed by atoms with E-state index in [1.165, 1.54) is 0 Å². The Labute approximate surface area is 112 Å². The number of rotatable bonds is 3. The number of aromatic carboxylic acids is 1. The first kappa shape index (κ1) is 13.7. The third-order valence-electron chi connectivity index (χ3n) is 2.98. The molecule has 1 heterocycles. The van der Waals surface area contributed by atoms with Gasteiger partial charge >= 0.3 is 5.97 Å². The van der Waals surface area contributed by atoms with E-state index in [1.54, 1.807) is 0 Å². The number of carboxylic acid groups (broad SMARTS) is 1. The van der Waals surface area contributed by atoms with E-state index in [0.29, 0.717) is 6.07 Å². The fraction of sp³-hybridized carbons (Fsp3) is 0.333. The molecule has 0 aromatic heterocycles. The number of hydrogen-bond donors (Lipinski definition) is 1. The maximum absolute atomic E-state index is 13.8. The summed E-state index contributed by atoms with van der Waals surface area (Å²) in [6.45, 7) is 0.200. The van der Waals surface area contributed by atoms with Gasteiger partial charge in [0, 0.05) is 24.9 Å². The van der Waals surface area contributed by atoms with Crippen LogP contribution in [-0.2, 0) is 4.79 Å². The molecular weight excluding hydrogens is 280 g/mol. The number of benzene rings is 1. The van der Waals surface area contributed by atoms with E-state index >= 15 is 0 Å². The normalized spacial score (nSPS) is 19.0. The zero-order valence-electron chi connectivity index (χ0n) is 9.70. The minimum Gasteiger partial charge on any atom is -0.478 e. The lowest BCUT2D eigenvalue weighted by Crippen LogP contribution is -2.26. The molecule has 0 bridgehead atoms. The van der Waals surface area contributed by atoms with Crippen LogP contribution in [0.1, 0.15) is 16.8 Å². The van der Waals surface area contributed by atoms with Crippen molar-refractivity contribution in [2.75, 3.05) is 17.3 Å². The molecule has 2 rings (SSSR count). The topological polar surface area (TPSA) is 57.6 Å². The van der Waals surface area contributed by atoms with Crippen molar-refractivity contribution in [3.05, 3.63) is 29.3 Å². The van der Waals surface area contributed by atoms with Gasteiger partial charge in [-0.3, -0.25) is 4.79 Å². The molecule has 0 aliphatic carbocycles. The Morgan fingerprint density at radius 3 is 2.63 bits per heavy atom. The second-order valence-electron chi connectivity index (χ2n) is 4.32. The third kappa shape index (κ3) is 2.53. The van der Waals surface area contributed by atoms with Gasteiger partial charge in [-0.15, -0.1) is 11.6 Å². The van der Waals surface area contributed by atoms with Crippen LogP contribution in [0.3, 0.4) is 0 Å². The summed E-state index contributed by atoms with van der Waals surface area (Å²) in [5.74, 6) is -3.80. The highest BCUT2D eigenvalue weighted by molar-refractivity contribution is 6.18. The van der Waals surface area contributed by atoms with Crippen LogP contribution in [0.5, 0.6) is 0 Å². The molecular formula is C12H10ClF2NO3. The summed E-state index contributed by atoms with van der Waals surface area (Å²) in [6.07, 6.45) is 0.172. The van der Waals surface area contributed by atoms with Gasteiger partial charge in [0.1, 0.15) is 11.6 Å². The number of amides is 1. The standard InChI is InChI=1S/C12H10ClF2NO3/c13-4-6-1-11(17)16(5-6)10-3-8(14)7(12(18)19)2-9(10)15/h2-3,6H,1,4-5H2,(H,18,19). The Bertz CT molecular complexity index is 550. The van der Waals surface area contributed by atoms with Gasteiger partial charge in [-0.1, -0.05) is 0 Å². The van der Waals surface area contributed by atoms with Gasteiger partial charge in [-0.25, -0.2) is 13.6 Å². The summed E-state index contributed by atoms with van der Waals surface area (Å²) in [5.41, 5.74) is -1.01. The quantitative estimate of drug-likeness (QED) is 0.868. The predicted molar refractivity (Wildman–Crippen MR) is 64.5 cm³/mol. The van der Waals surface area contributed by atoms with Crippen LogP contribution >= 0.6 is 11.6 Å². The van der Waals surface area contributed by atoms with Crippen molar-refractivity contribution in [1.82, 2.24) is 0 Å². The number of anilines is 1. The van der Waals surface area contributed by atoms with Gasteiger partial charge in [0.05, 0.1) is 11.3 Å². The first-order valence-electron chi connectivity index (χ1n) is 5.52. The largest absolute Gasteiger partial charge is 0.478 e. The Balaban J connectivity index is 2.39. The Morgan fingerprint density at radius 2 is 2.11 bits per heavy atom. The summed E-state index contributed by atoms with van der Waals surface area (Å²) < 4.78 is 27.3. The number of halogens is 3. The van der Waals surface area contributed by atoms with Crippen LogP contribution in [0.4, 0.5) is 14.5 Å². The Morgan fingerprint density at radius 1 is 1.42 bits per heavy atom. The van der Waals surface area contributed by atoms with E-state index in [9.17, 15) is 18.4 Å². The average Bonchev–Trinajstić information content (AvgIpc) is 2.72. The first-order valence-corrected chi connectivity index (χ1v) is 6.06. The third-order valence-corrected chi connectivity index (χ3v) is 3.42. The summed E-state index contributed by atoms with van der Waals surface area (Å²) in [5, 5.41) is 8.67. The van der Waals surface area contributed by atoms with Gasteiger partial charge in [0.15, 0.2) is 0 Å². The van der Waals surface area contributed by atoms with Crippen LogP contribution in [0, 0.1) is 17.6 Å². The lowest BCUT2D eigenvalue weighted by atomic mass is 10.1. The van der Waals surface area contributed by atoms with E-state index in [4.69, 9.17) is 16.7 Å². The minimum atomic E-state index is -1.56. The number of alkyl halides is 1. The van der Waals surface area contributed by atoms with Gasteiger partial charge in [-0.2, -0.15) is 0 Å². The molecule has 7 heteroatoms. The van der Waals surface area contributed by atoms with Crippen LogP contribution in [0.25, 0.3) is 0 Å². The number of nitrogens with zero attached hydrogens (tertiary/aromatic N) is 1. The Kier molecular flexibility index (Phi) is 3.71. The van der Waals surface area contributed by atoms with Crippen molar-refractivity contribution >= 4 is 29.2 Å². The molecule has 1 N–H and O–H groups in total. The van der Waals surface area contributed by atoms with E-state index in [2.05, 4.69) is 0 Å². The van der Waals surface area contributed by atoms with Crippen molar-refractivity contribution in [2.24, 2.45) is 5.92 Å². The highest BCUT2D eigenvalue weighted by Gasteiger charge is 2.32. The molecule has 1 aliphatic rings. The van der Waals surface area contributed by atoms with Crippen LogP contribution < -0.4 is 4.90 Å². The maximum atomic E-state index is 13.8. The highest BCUT2D eigenvalue weighted by Crippen LogP contribution is 2.29. The average molecular weight is 290 g/mol. The molecule has 0 spiro atoms. The van der Waals surface area contributed by atoms with E-state index in [-0.39, 0.29) is 36.4 Å². The molecule has 1 amide bonds. The second-order valence-corrected chi connectivity index (χ2v) is 4.63. The zero-order chi connectivity index (χ0) is 14.2. The van der Waals surface area contributed by atoms with E-state index in [0.717, 1.165) is 11.0 Å². The Hall–Kier alpha value is -1.69. The van der Waals surface area contributed by atoms with Crippen molar-refractivity contribution < 1.29 is 23.5 Å². The molecule has 1 fully saturated rings. The van der Waals surface area contributed by atoms with Gasteiger partial charge in [-0.05, 0) is 12.0 Å². The zero-order valence-corrected chi connectivity index (χ0v) is 10.5. The fourth-order valence-corrected chi connectivity index (χ4v) is 2.23. The second kappa shape index (κ2) is 5.13. The van der Waals surface area contributed by atoms with Gasteiger partial charge in [0.25, 0.3) is 0 Å². The smallest absolute Gasteiger partial charge is 0.338 e. The minimum absolute atomic E-state index is 0.115. The summed E-state index contributed by atoms with van der Waals surface area (Å²) >= 11 is 5.64. The summed E-state index contributed by atoms with van der Waals surface area (Å²) in [6, 6.07) is 1.31. The number of carbonyl (C=O) groups excluding carboxylic acids is 1. The molecule has 1 aromatic carbocycles. The van der Waals surface area contributed by atoms with Crippen molar-refractivity contribution in [1.29, 1.82) is 0 Å². The van der Waals surface area contributed by atoms with Crippen molar-refractivity contribution in [3.8, 4) is 0 Å². The molecule has 1 unspecified atom stereocenters. The monoisotopic (exact) mass is 289 g/mol. The molecule has 1 aliphatic heterocycles. The molecule has 0 saturated carbocycles. The van der Waals surface area contributed by atoms with Crippen molar-refractivity contribution in [2.45, 2.75) is 6.42 Å².